The third-order valence-electron chi connectivity index (χ3n) is 4.95. The molecule has 150 valence electrons. The topological polar surface area (TPSA) is 75.4 Å². The Balaban J connectivity index is 1.34. The lowest BCUT2D eigenvalue weighted by Crippen LogP contribution is -2.46. The molecule has 4 rings (SSSR count). The van der Waals surface area contributed by atoms with Gasteiger partial charge in [0.15, 0.2) is 5.76 Å². The summed E-state index contributed by atoms with van der Waals surface area (Å²) < 4.78 is 19.3. The number of amides is 2. The lowest BCUT2D eigenvalue weighted by Gasteiger charge is -2.32. The number of thiazole rings is 1. The molecule has 8 heteroatoms. The van der Waals surface area contributed by atoms with Crippen LogP contribution in [0.1, 0.15) is 38.6 Å². The molecular weight excluding hydrogens is 393 g/mol. The molecule has 1 aliphatic heterocycles. The van der Waals surface area contributed by atoms with E-state index >= 15 is 0 Å². The van der Waals surface area contributed by atoms with E-state index < -0.39 is 11.7 Å². The summed E-state index contributed by atoms with van der Waals surface area (Å²) in [5, 5.41) is 5.69. The molecule has 0 atom stereocenters. The fourth-order valence-electron chi connectivity index (χ4n) is 3.38. The van der Waals surface area contributed by atoms with Gasteiger partial charge in [-0.05, 0) is 38.0 Å². The van der Waals surface area contributed by atoms with Gasteiger partial charge in [0.25, 0.3) is 11.8 Å². The van der Waals surface area contributed by atoms with E-state index in [0.29, 0.717) is 37.3 Å². The maximum Gasteiger partial charge on any atom is 0.257 e. The molecule has 0 bridgehead atoms. The van der Waals surface area contributed by atoms with Gasteiger partial charge in [0.1, 0.15) is 17.8 Å². The van der Waals surface area contributed by atoms with Gasteiger partial charge in [0.05, 0.1) is 16.1 Å². The van der Waals surface area contributed by atoms with Crippen LogP contribution >= 0.6 is 11.3 Å². The summed E-state index contributed by atoms with van der Waals surface area (Å²) in [6, 6.07) is 7.52. The smallest absolute Gasteiger partial charge is 0.257 e. The van der Waals surface area contributed by atoms with Crippen LogP contribution in [0.3, 0.4) is 0 Å². The highest BCUT2D eigenvalue weighted by Crippen LogP contribution is 2.25. The molecule has 1 aromatic carbocycles. The summed E-state index contributed by atoms with van der Waals surface area (Å²) in [7, 11) is 0. The van der Waals surface area contributed by atoms with Crippen molar-refractivity contribution in [3.8, 4) is 11.5 Å². The number of aromatic nitrogens is 1. The van der Waals surface area contributed by atoms with E-state index in [-0.39, 0.29) is 17.5 Å². The average Bonchev–Trinajstić information content (AvgIpc) is 3.37. The summed E-state index contributed by atoms with van der Waals surface area (Å²) in [5.41, 5.74) is 1.25. The summed E-state index contributed by atoms with van der Waals surface area (Å²) in [4.78, 5) is 31.1. The first-order valence-corrected chi connectivity index (χ1v) is 10.2. The van der Waals surface area contributed by atoms with E-state index in [1.807, 2.05) is 12.3 Å². The maximum absolute atomic E-state index is 13.7. The summed E-state index contributed by atoms with van der Waals surface area (Å²) in [6.07, 6.45) is 2.68. The Hall–Kier alpha value is -3.00. The van der Waals surface area contributed by atoms with Gasteiger partial charge in [-0.1, -0.05) is 12.1 Å². The van der Waals surface area contributed by atoms with Crippen molar-refractivity contribution in [2.24, 2.45) is 0 Å². The highest BCUT2D eigenvalue weighted by molar-refractivity contribution is 7.09. The Bertz CT molecular complexity index is 1040. The zero-order valence-corrected chi connectivity index (χ0v) is 16.7. The largest absolute Gasteiger partial charge is 0.462 e. The number of nitrogens with one attached hydrogen (secondary N) is 1. The lowest BCUT2D eigenvalue weighted by atomic mass is 10.0. The molecule has 1 N–H and O–H groups in total. The molecule has 1 saturated heterocycles. The molecule has 0 spiro atoms. The molecule has 29 heavy (non-hydrogen) atoms. The lowest BCUT2D eigenvalue weighted by molar-refractivity contribution is 0.0697. The second-order valence-electron chi connectivity index (χ2n) is 6.97. The molecule has 2 aromatic heterocycles. The third kappa shape index (κ3) is 4.22. The van der Waals surface area contributed by atoms with Crippen molar-refractivity contribution in [3.05, 3.63) is 63.9 Å². The first kappa shape index (κ1) is 19.3. The molecule has 0 unspecified atom stereocenters. The molecule has 1 aliphatic rings. The highest BCUT2D eigenvalue weighted by Gasteiger charge is 2.26. The van der Waals surface area contributed by atoms with Crippen molar-refractivity contribution in [2.75, 3.05) is 13.1 Å². The monoisotopic (exact) mass is 413 g/mol. The quantitative estimate of drug-likeness (QED) is 0.704. The number of nitrogens with zero attached hydrogens (tertiary/aromatic N) is 2. The van der Waals surface area contributed by atoms with Crippen LogP contribution < -0.4 is 5.32 Å². The van der Waals surface area contributed by atoms with E-state index in [0.717, 1.165) is 10.7 Å². The second-order valence-corrected chi connectivity index (χ2v) is 8.03. The zero-order valence-electron chi connectivity index (χ0n) is 15.9. The zero-order chi connectivity index (χ0) is 20.4. The Morgan fingerprint density at radius 1 is 1.28 bits per heavy atom. The Morgan fingerprint density at radius 3 is 2.72 bits per heavy atom. The van der Waals surface area contributed by atoms with E-state index in [1.54, 1.807) is 23.1 Å². The third-order valence-corrected chi connectivity index (χ3v) is 5.73. The van der Waals surface area contributed by atoms with Crippen LogP contribution in [0.15, 0.2) is 46.4 Å². The van der Waals surface area contributed by atoms with Crippen LogP contribution in [0.2, 0.25) is 0 Å². The molecule has 0 aliphatic carbocycles. The minimum absolute atomic E-state index is 0.0363. The number of furan rings is 1. The number of benzene rings is 1. The van der Waals surface area contributed by atoms with Gasteiger partial charge in [-0.3, -0.25) is 9.59 Å². The predicted molar refractivity (Wildman–Crippen MR) is 107 cm³/mol. The molecule has 3 aromatic rings. The molecule has 2 amide bonds. The maximum atomic E-state index is 13.7. The SMILES string of the molecule is Cc1nc(-c2cc(C(=O)N3CCC(NC(=O)c4ccccc4F)CC3)co2)cs1. The van der Waals surface area contributed by atoms with Crippen molar-refractivity contribution in [2.45, 2.75) is 25.8 Å². The number of hydrogen-bond donors (Lipinski definition) is 1. The van der Waals surface area contributed by atoms with Crippen molar-refractivity contribution in [1.82, 2.24) is 15.2 Å². The van der Waals surface area contributed by atoms with Crippen molar-refractivity contribution in [3.63, 3.8) is 0 Å². The van der Waals surface area contributed by atoms with Crippen LogP contribution in [0.5, 0.6) is 0 Å². The molecule has 0 saturated carbocycles. The molecular formula is C21H20FN3O3S. The number of carbonyl (C=O) groups is 2. The number of carbonyl (C=O) groups excluding carboxylic acids is 2. The van der Waals surface area contributed by atoms with Crippen LogP contribution in [0.4, 0.5) is 4.39 Å². The predicted octanol–water partition coefficient (Wildman–Crippen LogP) is 3.89. The minimum Gasteiger partial charge on any atom is -0.462 e. The van der Waals surface area contributed by atoms with Crippen molar-refractivity contribution < 1.29 is 18.4 Å². The number of rotatable bonds is 4. The van der Waals surface area contributed by atoms with Gasteiger partial charge in [0.2, 0.25) is 0 Å². The average molecular weight is 413 g/mol. The Morgan fingerprint density at radius 2 is 2.03 bits per heavy atom. The van der Waals surface area contributed by atoms with E-state index in [1.165, 1.54) is 29.7 Å². The van der Waals surface area contributed by atoms with Gasteiger partial charge in [-0.25, -0.2) is 9.37 Å². The first-order valence-electron chi connectivity index (χ1n) is 9.37. The number of piperidine rings is 1. The van der Waals surface area contributed by atoms with Gasteiger partial charge in [-0.2, -0.15) is 0 Å². The standard InChI is InChI=1S/C21H20FN3O3S/c1-13-23-18(12-29-13)19-10-14(11-28-19)21(27)25-8-6-15(7-9-25)24-20(26)16-4-2-3-5-17(16)22/h2-5,10-12,15H,6-9H2,1H3,(H,24,26). The first-order chi connectivity index (χ1) is 14.0. The van der Waals surface area contributed by atoms with Crippen LogP contribution in [0.25, 0.3) is 11.5 Å². The summed E-state index contributed by atoms with van der Waals surface area (Å²) in [5.74, 6) is -0.495. The van der Waals surface area contributed by atoms with Gasteiger partial charge in [0, 0.05) is 24.5 Å². The van der Waals surface area contributed by atoms with Crippen molar-refractivity contribution in [1.29, 1.82) is 0 Å². The van der Waals surface area contributed by atoms with Crippen molar-refractivity contribution >= 4 is 23.2 Å². The highest BCUT2D eigenvalue weighted by atomic mass is 32.1. The Kier molecular flexibility index (Phi) is 5.44. The molecule has 1 fully saturated rings. The number of halogens is 1. The fraction of sp³-hybridized carbons (Fsp3) is 0.286. The van der Waals surface area contributed by atoms with Crippen LogP contribution in [0, 0.1) is 12.7 Å². The number of aryl methyl sites for hydroxylation is 1. The normalized spacial score (nSPS) is 14.8. The molecule has 6 nitrogen and oxygen atoms in total. The van der Waals surface area contributed by atoms with E-state index in [4.69, 9.17) is 4.42 Å². The van der Waals surface area contributed by atoms with Gasteiger partial charge >= 0.3 is 0 Å². The van der Waals surface area contributed by atoms with Crippen LogP contribution in [-0.4, -0.2) is 40.8 Å². The van der Waals surface area contributed by atoms with Crippen LogP contribution in [-0.2, 0) is 0 Å². The Labute approximate surface area is 171 Å². The number of likely N-dealkylation sites (tertiary alicyclic amines) is 1. The van der Waals surface area contributed by atoms with Gasteiger partial charge in [-0.15, -0.1) is 11.3 Å². The number of hydrogen-bond acceptors (Lipinski definition) is 5. The van der Waals surface area contributed by atoms with E-state index in [9.17, 15) is 14.0 Å². The van der Waals surface area contributed by atoms with Gasteiger partial charge < -0.3 is 14.6 Å². The summed E-state index contributed by atoms with van der Waals surface area (Å²) in [6.45, 7) is 2.94. The second kappa shape index (κ2) is 8.16. The molecule has 3 heterocycles. The summed E-state index contributed by atoms with van der Waals surface area (Å²) >= 11 is 1.52. The van der Waals surface area contributed by atoms with E-state index in [2.05, 4.69) is 10.3 Å². The minimum atomic E-state index is -0.538. The molecule has 0 radical (unpaired) electrons. The fourth-order valence-corrected chi connectivity index (χ4v) is 3.98.